The Morgan fingerprint density at radius 3 is 1.59 bits per heavy atom. The van der Waals surface area contributed by atoms with Crippen LogP contribution in [0.2, 0.25) is 0 Å². The predicted octanol–water partition coefficient (Wildman–Crippen LogP) is -5.87. The van der Waals surface area contributed by atoms with Gasteiger partial charge in [0.15, 0.2) is 37.7 Å². The van der Waals surface area contributed by atoms with Crippen molar-refractivity contribution in [3.8, 4) is 0 Å². The molecule has 0 radical (unpaired) electrons. The summed E-state index contributed by atoms with van der Waals surface area (Å²) < 4.78 is 83.7. The Hall–Kier alpha value is -2.11. The predicted molar refractivity (Wildman–Crippen MR) is 352 cm³/mol. The number of carbonyl (C=O) groups is 1. The van der Waals surface area contributed by atoms with Crippen LogP contribution in [0.3, 0.4) is 0 Å². The molecule has 35 heteroatoms. The molecule has 35 nitrogen and oxygen atoms in total. The Morgan fingerprint density at radius 2 is 0.943 bits per heavy atom. The molecule has 610 valence electrons. The van der Waals surface area contributed by atoms with Crippen LogP contribution in [0, 0.1) is 50.2 Å². The smallest absolute Gasteiger partial charge is 0.315 e. The Labute approximate surface area is 613 Å². The van der Waals surface area contributed by atoms with Gasteiger partial charge in [0, 0.05) is 0 Å². The molecule has 0 aromatic carbocycles. The van der Waals surface area contributed by atoms with Crippen molar-refractivity contribution < 1.29 is 173 Å². The molecule has 7 saturated heterocycles. The zero-order chi connectivity index (χ0) is 77.3. The average molecular weight is 1530 g/mol. The van der Waals surface area contributed by atoms with E-state index in [0.717, 1.165) is 18.4 Å². The average Bonchev–Trinajstić information content (AvgIpc) is 0.674. The molecule has 7 heterocycles. The van der Waals surface area contributed by atoms with Crippen molar-refractivity contribution in [1.29, 1.82) is 0 Å². The molecule has 12 aliphatic rings. The maximum absolute atomic E-state index is 15.4. The van der Waals surface area contributed by atoms with Crippen molar-refractivity contribution in [2.24, 2.45) is 50.2 Å². The van der Waals surface area contributed by atoms with Crippen molar-refractivity contribution in [2.75, 3.05) is 33.0 Å². The van der Waals surface area contributed by atoms with Crippen molar-refractivity contribution >= 4 is 5.97 Å². The lowest BCUT2D eigenvalue weighted by molar-refractivity contribution is -0.392. The van der Waals surface area contributed by atoms with Gasteiger partial charge in [-0.1, -0.05) is 60.1 Å². The van der Waals surface area contributed by atoms with E-state index < -0.39 is 264 Å². The van der Waals surface area contributed by atoms with Gasteiger partial charge in [0.1, 0.15) is 153 Å². The third-order valence-corrected chi connectivity index (χ3v) is 27.3. The molecule has 0 amide bonds. The van der Waals surface area contributed by atoms with Crippen molar-refractivity contribution in [3.05, 3.63) is 11.6 Å². The Morgan fingerprint density at radius 1 is 0.443 bits per heavy atom. The second-order valence-electron chi connectivity index (χ2n) is 34.3. The molecule has 5 aliphatic carbocycles. The Balaban J connectivity index is 0.706. The number of carbonyl (C=O) groups excluding carboxylic acids is 1. The monoisotopic (exact) mass is 1530 g/mol. The summed E-state index contributed by atoms with van der Waals surface area (Å²) >= 11 is 0. The van der Waals surface area contributed by atoms with Gasteiger partial charge in [0.2, 0.25) is 6.29 Å². The van der Waals surface area contributed by atoms with Crippen LogP contribution in [0.5, 0.6) is 0 Å². The van der Waals surface area contributed by atoms with Gasteiger partial charge in [0.25, 0.3) is 0 Å². The van der Waals surface area contributed by atoms with Gasteiger partial charge >= 0.3 is 5.97 Å². The number of esters is 1. The van der Waals surface area contributed by atoms with E-state index in [2.05, 4.69) is 54.5 Å². The molecule has 0 spiro atoms. The topological polar surface area (TPSA) is 551 Å². The van der Waals surface area contributed by atoms with Crippen LogP contribution in [-0.4, -0.2) is 356 Å². The van der Waals surface area contributed by atoms with Crippen molar-refractivity contribution in [2.45, 2.75) is 341 Å². The highest BCUT2D eigenvalue weighted by Gasteiger charge is 2.71. The summed E-state index contributed by atoms with van der Waals surface area (Å²) in [6.07, 6.45) is -49.8. The van der Waals surface area contributed by atoms with Crippen LogP contribution in [0.25, 0.3) is 0 Å². The number of fused-ring (bicyclic) bond motifs is 7. The summed E-state index contributed by atoms with van der Waals surface area (Å²) in [6, 6.07) is 0. The van der Waals surface area contributed by atoms with Gasteiger partial charge in [-0.2, -0.15) is 0 Å². The second-order valence-corrected chi connectivity index (χ2v) is 34.3. The van der Waals surface area contributed by atoms with Gasteiger partial charge in [0.05, 0.1) is 56.8 Å². The van der Waals surface area contributed by atoms with E-state index in [1.165, 1.54) is 13.8 Å². The van der Waals surface area contributed by atoms with Crippen LogP contribution in [0.15, 0.2) is 11.6 Å². The molecule has 20 N–H and O–H groups in total. The minimum absolute atomic E-state index is 0.0527. The number of hydrogen-bond acceptors (Lipinski definition) is 35. The molecular weight excluding hydrogens is 1410 g/mol. The highest BCUT2D eigenvalue weighted by atomic mass is 16.8. The molecule has 4 saturated carbocycles. The number of rotatable bonds is 18. The standard InChI is InChI=1S/C71H116O35/c1-26-38(76)44(82)49(87)59(95-26)104-57-47(85)42(80)32(22-73)98-64(57)105-56-40(78)30(75)24-93-63(56)101-37-13-14-68(7)35(67(37,5)6)12-15-70(9)36(68)11-10-28-29-20-66(3,4)16-18-71(29,19-17-69(28,70)8)65(92)106-61-51(89)46(84)43(81)34(100-61)25-94-58-52(90)48(86)54(33(23-74)99-58)102-62-53(91)55(39(77)27(2)96-62)103-60-50(88)45(83)41(79)31(21-72)97-60/h10,26-27,29-64,72-91H,11-25H2,1-9H3/t26-,27-,29-,30-,31+,32+,33+,34+,35-,36+,37-,38-,39-,40-,41+,42+,43+,44+,45-,46-,47-,48+,49+,50+,51+,52+,53+,54+,55+,56+,57+,58+,59-,60+,61-,62-,63-,64-,68-,69+,70+,71-/m0/s1. The van der Waals surface area contributed by atoms with E-state index in [0.29, 0.717) is 51.4 Å². The first kappa shape index (κ1) is 83.3. The lowest BCUT2D eigenvalue weighted by Crippen LogP contribution is -2.67. The molecule has 11 fully saturated rings. The molecule has 7 aliphatic heterocycles. The van der Waals surface area contributed by atoms with Gasteiger partial charge < -0.3 is 168 Å². The maximum Gasteiger partial charge on any atom is 0.315 e. The number of ether oxygens (including phenoxy) is 14. The Bertz CT molecular complexity index is 3010. The molecule has 0 unspecified atom stereocenters. The fraction of sp³-hybridized carbons (Fsp3) is 0.958. The van der Waals surface area contributed by atoms with E-state index in [1.807, 2.05) is 0 Å². The zero-order valence-electron chi connectivity index (χ0n) is 61.2. The first-order chi connectivity index (χ1) is 49.7. The highest BCUT2D eigenvalue weighted by Crippen LogP contribution is 2.76. The van der Waals surface area contributed by atoms with Crippen LogP contribution in [0.1, 0.15) is 127 Å². The molecular formula is C71H116O35. The maximum atomic E-state index is 15.4. The lowest BCUT2D eigenvalue weighted by atomic mass is 9.33. The normalized spacial score (nSPS) is 54.6. The van der Waals surface area contributed by atoms with E-state index in [9.17, 15) is 102 Å². The van der Waals surface area contributed by atoms with E-state index >= 15 is 4.79 Å². The Kier molecular flexibility index (Phi) is 24.8. The van der Waals surface area contributed by atoms with E-state index in [-0.39, 0.29) is 40.6 Å². The van der Waals surface area contributed by atoms with Gasteiger partial charge in [-0.3, -0.25) is 4.79 Å². The third-order valence-electron chi connectivity index (χ3n) is 27.3. The van der Waals surface area contributed by atoms with Crippen molar-refractivity contribution in [3.63, 3.8) is 0 Å². The SMILES string of the molecule is C[C@@H]1O[C@@H](O[C@H]2[C@H](O[C@H]3[C@H](O[C@H]4CC[C@]5(C)[C@H]6CC=C7[C@@H]8CC(C)(C)CC[C@]8(C(=O)O[C@@H]8O[C@H](CO[C@@H]9O[C@H](CO)[C@@H](O[C@@H]%10O[C@@H](C)[C@H](O)[C@@H](O[C@H]%11O[C@H](CO)[C@@H](O)[C@H](O)[C@H]%11O)[C@H]%10O)[C@H](O)[C@H]9O)[C@@H](O)[C@H](O)[C@H]8O)CC[C@@]7(C)[C@]6(C)CC[C@H]5C4(C)C)OC[C@H](O)[C@@H]3O)O[C@H](CO)[C@@H](O)[C@@H]2O)[C@H](O)[C@H](O)[C@H]1O. The van der Waals surface area contributed by atoms with Crippen LogP contribution < -0.4 is 0 Å². The minimum atomic E-state index is -2.01. The lowest BCUT2D eigenvalue weighted by Gasteiger charge is -2.71. The molecule has 0 bridgehead atoms. The molecule has 12 rings (SSSR count). The summed E-state index contributed by atoms with van der Waals surface area (Å²) in [5.74, 6) is -0.809. The number of allylic oxidation sites excluding steroid dienone is 2. The molecule has 42 atom stereocenters. The second kappa shape index (κ2) is 31.6. The van der Waals surface area contributed by atoms with Crippen LogP contribution >= 0.6 is 0 Å². The number of aliphatic hydroxyl groups is 20. The van der Waals surface area contributed by atoms with E-state index in [4.69, 9.17) is 66.3 Å². The van der Waals surface area contributed by atoms with Gasteiger partial charge in [-0.15, -0.1) is 0 Å². The molecule has 106 heavy (non-hydrogen) atoms. The van der Waals surface area contributed by atoms with E-state index in [1.54, 1.807) is 0 Å². The summed E-state index contributed by atoms with van der Waals surface area (Å²) in [5, 5.41) is 218. The fourth-order valence-corrected chi connectivity index (χ4v) is 20.4. The minimum Gasteiger partial charge on any atom is -0.432 e. The molecule has 0 aromatic rings. The van der Waals surface area contributed by atoms with Gasteiger partial charge in [-0.25, -0.2) is 0 Å². The summed E-state index contributed by atoms with van der Waals surface area (Å²) in [4.78, 5) is 15.4. The first-order valence-electron chi connectivity index (χ1n) is 37.5. The third kappa shape index (κ3) is 14.6. The van der Waals surface area contributed by atoms with Crippen LogP contribution in [-0.2, 0) is 71.1 Å². The molecule has 0 aromatic heterocycles. The zero-order valence-corrected chi connectivity index (χ0v) is 61.2. The quantitative estimate of drug-likeness (QED) is 0.0345. The highest BCUT2D eigenvalue weighted by molar-refractivity contribution is 5.79. The fourth-order valence-electron chi connectivity index (χ4n) is 20.4. The number of hydrogen-bond donors (Lipinski definition) is 20. The van der Waals surface area contributed by atoms with Crippen LogP contribution in [0.4, 0.5) is 0 Å². The van der Waals surface area contributed by atoms with Crippen molar-refractivity contribution in [1.82, 2.24) is 0 Å². The largest absolute Gasteiger partial charge is 0.432 e. The summed E-state index contributed by atoms with van der Waals surface area (Å²) in [7, 11) is 0. The van der Waals surface area contributed by atoms with Gasteiger partial charge in [-0.05, 0) is 123 Å². The first-order valence-corrected chi connectivity index (χ1v) is 37.5. The summed E-state index contributed by atoms with van der Waals surface area (Å²) in [6.45, 7) is 14.9. The number of aliphatic hydroxyl groups excluding tert-OH is 20. The summed E-state index contributed by atoms with van der Waals surface area (Å²) in [5.41, 5.74) is -1.78.